The largest absolute Gasteiger partial charge is 0.393 e. The molecule has 0 aromatic carbocycles. The van der Waals surface area contributed by atoms with Crippen LogP contribution < -0.4 is 10.6 Å². The van der Waals surface area contributed by atoms with Crippen LogP contribution >= 0.6 is 0 Å². The van der Waals surface area contributed by atoms with Crippen molar-refractivity contribution in [3.63, 3.8) is 0 Å². The maximum absolute atomic E-state index is 12.5. The summed E-state index contributed by atoms with van der Waals surface area (Å²) in [6.07, 6.45) is -1.47. The molecule has 0 radical (unpaired) electrons. The lowest BCUT2D eigenvalue weighted by Crippen LogP contribution is -2.52. The molecule has 2 heterocycles. The topological polar surface area (TPSA) is 44.4 Å². The van der Waals surface area contributed by atoms with Crippen LogP contribution in [0.1, 0.15) is 25.7 Å². The molecule has 2 atom stereocenters. The summed E-state index contributed by atoms with van der Waals surface area (Å²) in [5, 5.41) is 5.52. The molecule has 4 nitrogen and oxygen atoms in total. The zero-order chi connectivity index (χ0) is 14.6. The average Bonchev–Trinajstić information content (AvgIpc) is 2.91. The summed E-state index contributed by atoms with van der Waals surface area (Å²) in [5.74, 6) is -1.50. The molecule has 0 aliphatic carbocycles. The van der Waals surface area contributed by atoms with Crippen molar-refractivity contribution in [2.75, 3.05) is 32.7 Å². The van der Waals surface area contributed by atoms with Gasteiger partial charge in [0.05, 0.1) is 12.0 Å². The van der Waals surface area contributed by atoms with Crippen LogP contribution in [0.5, 0.6) is 0 Å². The molecular formula is C13H22F3N3O. The number of rotatable bonds is 4. The highest BCUT2D eigenvalue weighted by atomic mass is 19.4. The fourth-order valence-electron chi connectivity index (χ4n) is 2.83. The summed E-state index contributed by atoms with van der Waals surface area (Å²) in [4.78, 5) is 14.1. The van der Waals surface area contributed by atoms with Gasteiger partial charge < -0.3 is 15.5 Å². The fourth-order valence-corrected chi connectivity index (χ4v) is 2.83. The molecule has 0 bridgehead atoms. The summed E-state index contributed by atoms with van der Waals surface area (Å²) in [5.41, 5.74) is 0. The SMILES string of the molecule is O=C(NCCN1CCCC1)C1CCC(C(F)(F)F)CN1. The summed E-state index contributed by atoms with van der Waals surface area (Å²) < 4.78 is 37.5. The summed E-state index contributed by atoms with van der Waals surface area (Å²) in [6, 6.07) is -0.479. The van der Waals surface area contributed by atoms with Crippen LogP contribution in [0.3, 0.4) is 0 Å². The Morgan fingerprint density at radius 1 is 1.25 bits per heavy atom. The predicted octanol–water partition coefficient (Wildman–Crippen LogP) is 1.13. The van der Waals surface area contributed by atoms with Crippen LogP contribution in [-0.2, 0) is 4.79 Å². The van der Waals surface area contributed by atoms with Gasteiger partial charge in [-0.25, -0.2) is 0 Å². The van der Waals surface area contributed by atoms with Gasteiger partial charge in [-0.3, -0.25) is 4.79 Å². The summed E-state index contributed by atoms with van der Waals surface area (Å²) >= 11 is 0. The zero-order valence-electron chi connectivity index (χ0n) is 11.5. The molecule has 2 fully saturated rings. The molecule has 7 heteroatoms. The molecule has 0 spiro atoms. The highest BCUT2D eigenvalue weighted by molar-refractivity contribution is 5.81. The minimum atomic E-state index is -4.16. The average molecular weight is 293 g/mol. The van der Waals surface area contributed by atoms with Gasteiger partial charge in [-0.15, -0.1) is 0 Å². The van der Waals surface area contributed by atoms with E-state index in [4.69, 9.17) is 0 Å². The highest BCUT2D eigenvalue weighted by Gasteiger charge is 2.42. The predicted molar refractivity (Wildman–Crippen MR) is 69.3 cm³/mol. The van der Waals surface area contributed by atoms with E-state index in [9.17, 15) is 18.0 Å². The first-order valence-electron chi connectivity index (χ1n) is 7.27. The van der Waals surface area contributed by atoms with Crippen molar-refractivity contribution in [2.45, 2.75) is 37.9 Å². The van der Waals surface area contributed by atoms with E-state index in [0.717, 1.165) is 19.6 Å². The van der Waals surface area contributed by atoms with E-state index in [2.05, 4.69) is 15.5 Å². The van der Waals surface area contributed by atoms with Crippen LogP contribution in [-0.4, -0.2) is 55.7 Å². The Hall–Kier alpha value is -0.820. The molecule has 1 amide bonds. The van der Waals surface area contributed by atoms with Gasteiger partial charge in [0.15, 0.2) is 0 Å². The number of alkyl halides is 3. The number of nitrogens with zero attached hydrogens (tertiary/aromatic N) is 1. The van der Waals surface area contributed by atoms with Crippen LogP contribution in [0.15, 0.2) is 0 Å². The first kappa shape index (κ1) is 15.6. The highest BCUT2D eigenvalue weighted by Crippen LogP contribution is 2.31. The van der Waals surface area contributed by atoms with Crippen molar-refractivity contribution in [2.24, 2.45) is 5.92 Å². The van der Waals surface area contributed by atoms with Crippen LogP contribution in [0, 0.1) is 5.92 Å². The number of piperidine rings is 1. The molecule has 20 heavy (non-hydrogen) atoms. The third-order valence-electron chi connectivity index (χ3n) is 4.12. The Morgan fingerprint density at radius 2 is 1.95 bits per heavy atom. The first-order valence-corrected chi connectivity index (χ1v) is 7.27. The molecule has 2 rings (SSSR count). The van der Waals surface area contributed by atoms with E-state index < -0.39 is 18.1 Å². The van der Waals surface area contributed by atoms with Gasteiger partial charge in [-0.1, -0.05) is 0 Å². The second kappa shape index (κ2) is 6.76. The van der Waals surface area contributed by atoms with E-state index in [0.29, 0.717) is 6.54 Å². The molecule has 0 aromatic heterocycles. The standard InChI is InChI=1S/C13H22F3N3O/c14-13(15,16)10-3-4-11(18-9-10)12(20)17-5-8-19-6-1-2-7-19/h10-11,18H,1-9H2,(H,17,20). The number of hydrogen-bond donors (Lipinski definition) is 2. The van der Waals surface area contributed by atoms with Crippen molar-refractivity contribution in [3.05, 3.63) is 0 Å². The normalized spacial score (nSPS) is 28.6. The summed E-state index contributed by atoms with van der Waals surface area (Å²) in [6.45, 7) is 3.38. The second-order valence-corrected chi connectivity index (χ2v) is 5.62. The number of hydrogen-bond acceptors (Lipinski definition) is 3. The quantitative estimate of drug-likeness (QED) is 0.817. The van der Waals surface area contributed by atoms with Gasteiger partial charge in [0.2, 0.25) is 5.91 Å². The maximum atomic E-state index is 12.5. The van der Waals surface area contributed by atoms with Crippen molar-refractivity contribution >= 4 is 5.91 Å². The van der Waals surface area contributed by atoms with Crippen molar-refractivity contribution in [1.29, 1.82) is 0 Å². The summed E-state index contributed by atoms with van der Waals surface area (Å²) in [7, 11) is 0. The van der Waals surface area contributed by atoms with Gasteiger partial charge in [-0.2, -0.15) is 13.2 Å². The fraction of sp³-hybridized carbons (Fsp3) is 0.923. The number of carbonyl (C=O) groups excluding carboxylic acids is 1. The minimum absolute atomic E-state index is 0.0285. The number of likely N-dealkylation sites (tertiary alicyclic amines) is 1. The van der Waals surface area contributed by atoms with Gasteiger partial charge in [-0.05, 0) is 38.8 Å². The van der Waals surface area contributed by atoms with Crippen LogP contribution in [0.25, 0.3) is 0 Å². The zero-order valence-corrected chi connectivity index (χ0v) is 11.5. The van der Waals surface area contributed by atoms with E-state index in [1.807, 2.05) is 0 Å². The Morgan fingerprint density at radius 3 is 2.50 bits per heavy atom. The maximum Gasteiger partial charge on any atom is 0.393 e. The molecule has 2 N–H and O–H groups in total. The Bertz CT molecular complexity index is 321. The molecule has 2 unspecified atom stereocenters. The third kappa shape index (κ3) is 4.34. The first-order chi connectivity index (χ1) is 9.47. The van der Waals surface area contributed by atoms with Crippen LogP contribution in [0.2, 0.25) is 0 Å². The van der Waals surface area contributed by atoms with Crippen molar-refractivity contribution in [3.8, 4) is 0 Å². The molecule has 2 aliphatic rings. The lowest BCUT2D eigenvalue weighted by atomic mass is 9.94. The number of amides is 1. The lowest BCUT2D eigenvalue weighted by Gasteiger charge is -2.30. The monoisotopic (exact) mass is 293 g/mol. The van der Waals surface area contributed by atoms with Gasteiger partial charge >= 0.3 is 6.18 Å². The number of nitrogens with one attached hydrogen (secondary N) is 2. The molecule has 0 saturated carbocycles. The Balaban J connectivity index is 1.64. The smallest absolute Gasteiger partial charge is 0.353 e. The molecular weight excluding hydrogens is 271 g/mol. The minimum Gasteiger partial charge on any atom is -0.353 e. The van der Waals surface area contributed by atoms with Crippen molar-refractivity contribution < 1.29 is 18.0 Å². The number of halogens is 3. The molecule has 0 aromatic rings. The molecule has 116 valence electrons. The van der Waals surface area contributed by atoms with E-state index in [-0.39, 0.29) is 25.3 Å². The van der Waals surface area contributed by atoms with Gasteiger partial charge in [0, 0.05) is 19.6 Å². The van der Waals surface area contributed by atoms with Crippen LogP contribution in [0.4, 0.5) is 13.2 Å². The van der Waals surface area contributed by atoms with Gasteiger partial charge in [0.25, 0.3) is 0 Å². The second-order valence-electron chi connectivity index (χ2n) is 5.62. The van der Waals surface area contributed by atoms with E-state index in [1.165, 1.54) is 12.8 Å². The van der Waals surface area contributed by atoms with Crippen molar-refractivity contribution in [1.82, 2.24) is 15.5 Å². The van der Waals surface area contributed by atoms with E-state index >= 15 is 0 Å². The molecule has 2 saturated heterocycles. The van der Waals surface area contributed by atoms with Gasteiger partial charge in [0.1, 0.15) is 0 Å². The Kier molecular flexibility index (Phi) is 5.26. The van der Waals surface area contributed by atoms with E-state index in [1.54, 1.807) is 0 Å². The lowest BCUT2D eigenvalue weighted by molar-refractivity contribution is -0.180. The third-order valence-corrected chi connectivity index (χ3v) is 4.12. The number of carbonyl (C=O) groups is 1. The molecule has 2 aliphatic heterocycles. The Labute approximate surface area is 117 Å².